The summed E-state index contributed by atoms with van der Waals surface area (Å²) in [5.41, 5.74) is 5.04. The van der Waals surface area contributed by atoms with Crippen molar-refractivity contribution >= 4 is 33.3 Å². The van der Waals surface area contributed by atoms with Crippen LogP contribution in [-0.4, -0.2) is 20.1 Å². The Morgan fingerprint density at radius 3 is 2.71 bits per heavy atom. The fraction of sp³-hybridized carbons (Fsp3) is 0.0556. The predicted molar refractivity (Wildman–Crippen MR) is 92.2 cm³/mol. The Balaban J connectivity index is 1.93. The highest BCUT2D eigenvalue weighted by atomic mass is 16.3. The molecule has 2 aromatic carbocycles. The molecule has 0 unspecified atom stereocenters. The highest BCUT2D eigenvalue weighted by Gasteiger charge is 2.11. The molecule has 3 N–H and O–H groups in total. The van der Waals surface area contributed by atoms with Crippen molar-refractivity contribution in [3.05, 3.63) is 54.0 Å². The van der Waals surface area contributed by atoms with Crippen molar-refractivity contribution in [2.24, 2.45) is 0 Å². The van der Waals surface area contributed by atoms with Crippen LogP contribution in [-0.2, 0) is 0 Å². The van der Waals surface area contributed by atoms with Crippen LogP contribution in [0.1, 0.15) is 11.1 Å². The second-order valence-electron chi connectivity index (χ2n) is 5.58. The lowest BCUT2D eigenvalue weighted by atomic mass is 10.1. The van der Waals surface area contributed by atoms with E-state index < -0.39 is 0 Å². The van der Waals surface area contributed by atoms with E-state index in [2.05, 4.69) is 26.3 Å². The molecule has 0 aliphatic rings. The molecule has 4 aromatic rings. The minimum atomic E-state index is 0.203. The Morgan fingerprint density at radius 1 is 1.17 bits per heavy atom. The van der Waals surface area contributed by atoms with Crippen molar-refractivity contribution in [3.63, 3.8) is 0 Å². The number of aryl methyl sites for hydroxylation is 1. The topological polar surface area (TPSA) is 97.6 Å². The van der Waals surface area contributed by atoms with Gasteiger partial charge in [0, 0.05) is 28.9 Å². The molecule has 24 heavy (non-hydrogen) atoms. The number of imidazole rings is 1. The Hall–Kier alpha value is -3.59. The van der Waals surface area contributed by atoms with Crippen molar-refractivity contribution in [3.8, 4) is 11.8 Å². The van der Waals surface area contributed by atoms with E-state index in [0.717, 1.165) is 27.5 Å². The number of hydrogen-bond donors (Lipinski definition) is 3. The lowest BCUT2D eigenvalue weighted by molar-refractivity contribution is 0.471. The molecule has 2 heterocycles. The van der Waals surface area contributed by atoms with Gasteiger partial charge < -0.3 is 15.4 Å². The molecule has 0 spiro atoms. The van der Waals surface area contributed by atoms with Gasteiger partial charge in [-0.1, -0.05) is 6.07 Å². The maximum atomic E-state index is 9.90. The largest absolute Gasteiger partial charge is 0.508 e. The molecule has 0 bridgehead atoms. The fourth-order valence-electron chi connectivity index (χ4n) is 2.68. The SMILES string of the molecule is Cc1ccc(Nc2c(C#N)c[nH]c3cc4ncnc4cc23)cc1O. The average molecular weight is 315 g/mol. The van der Waals surface area contributed by atoms with Crippen molar-refractivity contribution in [1.82, 2.24) is 15.0 Å². The smallest absolute Gasteiger partial charge is 0.120 e. The third-order valence-corrected chi connectivity index (χ3v) is 4.02. The van der Waals surface area contributed by atoms with Gasteiger partial charge in [0.05, 0.1) is 22.3 Å². The molecule has 2 aromatic heterocycles. The highest BCUT2D eigenvalue weighted by molar-refractivity contribution is 6.02. The number of pyridine rings is 1. The number of rotatable bonds is 2. The van der Waals surface area contributed by atoms with Gasteiger partial charge in [0.1, 0.15) is 18.1 Å². The van der Waals surface area contributed by atoms with Crippen molar-refractivity contribution < 1.29 is 5.11 Å². The van der Waals surface area contributed by atoms with Gasteiger partial charge in [0.2, 0.25) is 0 Å². The molecule has 6 heteroatoms. The summed E-state index contributed by atoms with van der Waals surface area (Å²) in [6.45, 7) is 1.83. The molecular formula is C18H13N5O. The number of nitrogens with zero attached hydrogens (tertiary/aromatic N) is 3. The summed E-state index contributed by atoms with van der Waals surface area (Å²) in [5, 5.41) is 23.4. The second kappa shape index (κ2) is 5.25. The minimum absolute atomic E-state index is 0.203. The molecule has 0 amide bonds. The van der Waals surface area contributed by atoms with Crippen molar-refractivity contribution in [2.45, 2.75) is 6.92 Å². The molecule has 0 saturated heterocycles. The average Bonchev–Trinajstić information content (AvgIpc) is 3.04. The number of nitriles is 1. The number of H-pyrrole nitrogens is 1. The van der Waals surface area contributed by atoms with Crippen LogP contribution in [0.4, 0.5) is 11.4 Å². The maximum Gasteiger partial charge on any atom is 0.120 e. The van der Waals surface area contributed by atoms with E-state index in [0.29, 0.717) is 16.9 Å². The van der Waals surface area contributed by atoms with E-state index in [1.807, 2.05) is 31.2 Å². The number of aromatic hydroxyl groups is 1. The molecule has 0 fully saturated rings. The number of benzene rings is 2. The summed E-state index contributed by atoms with van der Waals surface area (Å²) >= 11 is 0. The number of aromatic nitrogens is 3. The second-order valence-corrected chi connectivity index (χ2v) is 5.58. The number of aromatic amines is 1. The van der Waals surface area contributed by atoms with Gasteiger partial charge in [-0.25, -0.2) is 9.97 Å². The highest BCUT2D eigenvalue weighted by Crippen LogP contribution is 2.32. The Bertz CT molecular complexity index is 1120. The van der Waals surface area contributed by atoms with E-state index in [-0.39, 0.29) is 5.75 Å². The first-order chi connectivity index (χ1) is 11.7. The summed E-state index contributed by atoms with van der Waals surface area (Å²) in [4.78, 5) is 11.5. The number of phenolic OH excluding ortho intramolecular Hbond substituents is 1. The zero-order valence-corrected chi connectivity index (χ0v) is 12.8. The van der Waals surface area contributed by atoms with E-state index in [9.17, 15) is 10.4 Å². The fourth-order valence-corrected chi connectivity index (χ4v) is 2.68. The zero-order valence-electron chi connectivity index (χ0n) is 12.8. The van der Waals surface area contributed by atoms with Gasteiger partial charge in [0.25, 0.3) is 0 Å². The summed E-state index contributed by atoms with van der Waals surface area (Å²) < 4.78 is 0. The van der Waals surface area contributed by atoms with Gasteiger partial charge in [-0.3, -0.25) is 0 Å². The Labute approximate surface area is 137 Å². The Morgan fingerprint density at radius 2 is 1.96 bits per heavy atom. The van der Waals surface area contributed by atoms with Crippen LogP contribution < -0.4 is 5.32 Å². The maximum absolute atomic E-state index is 9.90. The molecule has 0 radical (unpaired) electrons. The molecule has 4 rings (SSSR count). The number of phenols is 1. The van der Waals surface area contributed by atoms with Crippen LogP contribution in [0.3, 0.4) is 0 Å². The normalized spacial score (nSPS) is 10.8. The molecule has 0 atom stereocenters. The van der Waals surface area contributed by atoms with Gasteiger partial charge >= 0.3 is 0 Å². The lowest BCUT2D eigenvalue weighted by Crippen LogP contribution is -1.97. The van der Waals surface area contributed by atoms with Gasteiger partial charge in [0.15, 0.2) is 0 Å². The first-order valence-corrected chi connectivity index (χ1v) is 7.38. The number of hydrogen-bond acceptors (Lipinski definition) is 5. The number of fused-ring (bicyclic) bond motifs is 2. The third kappa shape index (κ3) is 2.20. The number of anilines is 2. The van der Waals surface area contributed by atoms with E-state index >= 15 is 0 Å². The molecule has 116 valence electrons. The van der Waals surface area contributed by atoms with E-state index in [1.165, 1.54) is 6.33 Å². The van der Waals surface area contributed by atoms with Crippen LogP contribution in [0.25, 0.3) is 21.9 Å². The van der Waals surface area contributed by atoms with Crippen molar-refractivity contribution in [2.75, 3.05) is 5.32 Å². The Kier molecular flexibility index (Phi) is 3.07. The van der Waals surface area contributed by atoms with Crippen LogP contribution in [0.5, 0.6) is 5.75 Å². The van der Waals surface area contributed by atoms with Gasteiger partial charge in [-0.15, -0.1) is 0 Å². The van der Waals surface area contributed by atoms with E-state index in [4.69, 9.17) is 0 Å². The molecule has 6 nitrogen and oxygen atoms in total. The van der Waals surface area contributed by atoms with Crippen molar-refractivity contribution in [1.29, 1.82) is 5.26 Å². The lowest BCUT2D eigenvalue weighted by Gasteiger charge is -2.13. The summed E-state index contributed by atoms with van der Waals surface area (Å²) in [6.07, 6.45) is 3.17. The van der Waals surface area contributed by atoms with E-state index in [1.54, 1.807) is 12.3 Å². The molecule has 0 aliphatic carbocycles. The van der Waals surface area contributed by atoms with Crippen LogP contribution in [0.15, 0.2) is 42.9 Å². The molecule has 0 aliphatic heterocycles. The zero-order chi connectivity index (χ0) is 16.7. The molecule has 0 saturated carbocycles. The van der Waals surface area contributed by atoms with Gasteiger partial charge in [-0.2, -0.15) is 5.26 Å². The summed E-state index contributed by atoms with van der Waals surface area (Å²) in [5.74, 6) is 0.203. The minimum Gasteiger partial charge on any atom is -0.508 e. The predicted octanol–water partition coefficient (Wildman–Crippen LogP) is 3.74. The van der Waals surface area contributed by atoms with Crippen LogP contribution in [0.2, 0.25) is 0 Å². The monoisotopic (exact) mass is 315 g/mol. The van der Waals surface area contributed by atoms with Crippen LogP contribution >= 0.6 is 0 Å². The summed E-state index contributed by atoms with van der Waals surface area (Å²) in [7, 11) is 0. The van der Waals surface area contributed by atoms with Crippen LogP contribution in [0, 0.1) is 18.3 Å². The quantitative estimate of drug-likeness (QED) is 0.523. The first-order valence-electron chi connectivity index (χ1n) is 7.38. The standard InChI is InChI=1S/C18H13N5O/c1-10-2-3-12(4-17(10)24)23-18-11(7-19)8-20-14-6-16-15(5-13(14)18)21-9-22-16/h2-6,8-9,20,23-24H,1H3. The third-order valence-electron chi connectivity index (χ3n) is 4.02. The first kappa shape index (κ1) is 14.0. The summed E-state index contributed by atoms with van der Waals surface area (Å²) in [6, 6.07) is 11.3. The number of nitrogens with one attached hydrogen (secondary N) is 2. The van der Waals surface area contributed by atoms with Gasteiger partial charge in [-0.05, 0) is 30.7 Å². The molecular weight excluding hydrogens is 302 g/mol.